The van der Waals surface area contributed by atoms with Gasteiger partial charge in [-0.05, 0) is 51.1 Å². The van der Waals surface area contributed by atoms with E-state index in [1.165, 1.54) is 5.69 Å². The van der Waals surface area contributed by atoms with Crippen LogP contribution in [0.2, 0.25) is 0 Å². The summed E-state index contributed by atoms with van der Waals surface area (Å²) < 4.78 is 10.7. The molecule has 0 amide bonds. The Morgan fingerprint density at radius 3 is 2.45 bits per heavy atom. The molecule has 0 aliphatic carbocycles. The normalized spacial score (nSPS) is 10.8. The fourth-order valence-electron chi connectivity index (χ4n) is 1.85. The molecule has 0 saturated carbocycles. The van der Waals surface area contributed by atoms with E-state index in [1.54, 1.807) is 7.11 Å². The van der Waals surface area contributed by atoms with E-state index in [0.29, 0.717) is 6.10 Å². The summed E-state index contributed by atoms with van der Waals surface area (Å²) in [6.07, 6.45) is 1.39. The zero-order chi connectivity index (χ0) is 14.8. The summed E-state index contributed by atoms with van der Waals surface area (Å²) in [5.74, 6) is 0.894. The zero-order valence-electron chi connectivity index (χ0n) is 13.2. The molecule has 0 aliphatic heterocycles. The van der Waals surface area contributed by atoms with E-state index >= 15 is 0 Å². The molecule has 114 valence electrons. The van der Waals surface area contributed by atoms with E-state index in [-0.39, 0.29) is 0 Å². The third-order valence-electron chi connectivity index (χ3n) is 3.09. The maximum atomic E-state index is 5.50. The molecule has 0 fully saturated rings. The van der Waals surface area contributed by atoms with Crippen molar-refractivity contribution in [2.45, 2.75) is 26.4 Å². The first kappa shape index (κ1) is 16.8. The van der Waals surface area contributed by atoms with Gasteiger partial charge in [0.25, 0.3) is 0 Å². The summed E-state index contributed by atoms with van der Waals surface area (Å²) in [6, 6.07) is 8.13. The number of anilines is 1. The number of likely N-dealkylation sites (N-methyl/N-ethyl adjacent to an activating group) is 1. The first-order valence-electron chi connectivity index (χ1n) is 7.31. The highest BCUT2D eigenvalue weighted by Gasteiger charge is 2.00. The van der Waals surface area contributed by atoms with Gasteiger partial charge in [-0.3, -0.25) is 0 Å². The van der Waals surface area contributed by atoms with E-state index in [4.69, 9.17) is 9.47 Å². The maximum absolute atomic E-state index is 5.50. The van der Waals surface area contributed by atoms with Crippen molar-refractivity contribution in [2.24, 2.45) is 0 Å². The van der Waals surface area contributed by atoms with Crippen molar-refractivity contribution in [1.82, 2.24) is 5.32 Å². The lowest BCUT2D eigenvalue weighted by molar-refractivity contribution is 0.0771. The van der Waals surface area contributed by atoms with E-state index in [2.05, 4.69) is 43.2 Å². The van der Waals surface area contributed by atoms with Gasteiger partial charge in [-0.1, -0.05) is 0 Å². The van der Waals surface area contributed by atoms with Gasteiger partial charge in [0.15, 0.2) is 0 Å². The molecule has 0 saturated heterocycles. The average Bonchev–Trinajstić information content (AvgIpc) is 2.45. The lowest BCUT2D eigenvalue weighted by Gasteiger charge is -2.19. The minimum atomic E-state index is 0.330. The number of nitrogens with one attached hydrogen (secondary N) is 1. The number of ether oxygens (including phenoxy) is 2. The molecule has 1 aromatic carbocycles. The molecule has 0 aromatic heterocycles. The van der Waals surface area contributed by atoms with Crippen LogP contribution >= 0.6 is 0 Å². The van der Waals surface area contributed by atoms with Crippen molar-refractivity contribution in [3.05, 3.63) is 24.3 Å². The Morgan fingerprint density at radius 1 is 1.15 bits per heavy atom. The van der Waals surface area contributed by atoms with Crippen molar-refractivity contribution in [2.75, 3.05) is 45.3 Å². The molecule has 0 unspecified atom stereocenters. The van der Waals surface area contributed by atoms with Gasteiger partial charge in [0.05, 0.1) is 13.2 Å². The van der Waals surface area contributed by atoms with Crippen molar-refractivity contribution in [3.8, 4) is 5.75 Å². The minimum Gasteiger partial charge on any atom is -0.497 e. The van der Waals surface area contributed by atoms with Crippen LogP contribution in [-0.2, 0) is 4.74 Å². The van der Waals surface area contributed by atoms with Gasteiger partial charge >= 0.3 is 0 Å². The van der Waals surface area contributed by atoms with E-state index < -0.39 is 0 Å². The lowest BCUT2D eigenvalue weighted by Crippen LogP contribution is -2.30. The topological polar surface area (TPSA) is 33.7 Å². The van der Waals surface area contributed by atoms with Crippen LogP contribution in [0.1, 0.15) is 20.3 Å². The number of hydrogen-bond acceptors (Lipinski definition) is 4. The molecule has 1 rings (SSSR count). The quantitative estimate of drug-likeness (QED) is 0.668. The summed E-state index contributed by atoms with van der Waals surface area (Å²) in [7, 11) is 3.79. The molecule has 0 aliphatic rings. The Balaban J connectivity index is 2.11. The minimum absolute atomic E-state index is 0.330. The van der Waals surface area contributed by atoms with Crippen LogP contribution in [0.3, 0.4) is 0 Å². The molecule has 4 nitrogen and oxygen atoms in total. The Hall–Kier alpha value is -1.26. The van der Waals surface area contributed by atoms with Crippen molar-refractivity contribution in [1.29, 1.82) is 0 Å². The first-order chi connectivity index (χ1) is 9.63. The second kappa shape index (κ2) is 9.61. The Morgan fingerprint density at radius 2 is 1.85 bits per heavy atom. The Kier molecular flexibility index (Phi) is 8.07. The summed E-state index contributed by atoms with van der Waals surface area (Å²) in [4.78, 5) is 2.23. The smallest absolute Gasteiger partial charge is 0.119 e. The van der Waals surface area contributed by atoms with Gasteiger partial charge in [0, 0.05) is 32.4 Å². The summed E-state index contributed by atoms with van der Waals surface area (Å²) in [5.41, 5.74) is 1.20. The third-order valence-corrected chi connectivity index (χ3v) is 3.09. The van der Waals surface area contributed by atoms with Gasteiger partial charge < -0.3 is 19.7 Å². The van der Waals surface area contributed by atoms with Crippen molar-refractivity contribution < 1.29 is 9.47 Å². The monoisotopic (exact) mass is 280 g/mol. The second-order valence-corrected chi connectivity index (χ2v) is 5.14. The van der Waals surface area contributed by atoms with Crippen molar-refractivity contribution in [3.63, 3.8) is 0 Å². The zero-order valence-corrected chi connectivity index (χ0v) is 13.2. The van der Waals surface area contributed by atoms with Gasteiger partial charge in [-0.2, -0.15) is 0 Å². The standard InChI is InChI=1S/C16H28N2O2/c1-14(2)20-13-5-10-17-11-12-18(3)15-6-8-16(19-4)9-7-15/h6-9,14,17H,5,10-13H2,1-4H3. The largest absolute Gasteiger partial charge is 0.497 e. The Bertz CT molecular complexity index is 352. The second-order valence-electron chi connectivity index (χ2n) is 5.14. The first-order valence-corrected chi connectivity index (χ1v) is 7.31. The molecular formula is C16H28N2O2. The highest BCUT2D eigenvalue weighted by molar-refractivity contribution is 5.48. The van der Waals surface area contributed by atoms with Crippen LogP contribution in [0, 0.1) is 0 Å². The van der Waals surface area contributed by atoms with Crippen LogP contribution in [0.15, 0.2) is 24.3 Å². The molecule has 1 aromatic rings. The molecule has 0 heterocycles. The van der Waals surface area contributed by atoms with Gasteiger partial charge in [-0.15, -0.1) is 0 Å². The van der Waals surface area contributed by atoms with Crippen molar-refractivity contribution >= 4 is 5.69 Å². The van der Waals surface area contributed by atoms with Gasteiger partial charge in [0.1, 0.15) is 5.75 Å². The molecular weight excluding hydrogens is 252 g/mol. The van der Waals surface area contributed by atoms with Gasteiger partial charge in [0.2, 0.25) is 0 Å². The fraction of sp³-hybridized carbons (Fsp3) is 0.625. The number of methoxy groups -OCH3 is 1. The number of hydrogen-bond donors (Lipinski definition) is 1. The van der Waals surface area contributed by atoms with Crippen LogP contribution in [-0.4, -0.2) is 46.5 Å². The van der Waals surface area contributed by atoms with Crippen LogP contribution in [0.25, 0.3) is 0 Å². The molecule has 4 heteroatoms. The lowest BCUT2D eigenvalue weighted by atomic mass is 10.3. The molecule has 1 N–H and O–H groups in total. The van der Waals surface area contributed by atoms with E-state index in [9.17, 15) is 0 Å². The molecule has 0 radical (unpaired) electrons. The Labute approximate surface area is 123 Å². The average molecular weight is 280 g/mol. The van der Waals surface area contributed by atoms with E-state index in [0.717, 1.165) is 38.4 Å². The van der Waals surface area contributed by atoms with Gasteiger partial charge in [-0.25, -0.2) is 0 Å². The SMILES string of the molecule is COc1ccc(N(C)CCNCCCOC(C)C)cc1. The summed E-state index contributed by atoms with van der Waals surface area (Å²) in [5, 5.41) is 3.44. The molecule has 20 heavy (non-hydrogen) atoms. The summed E-state index contributed by atoms with van der Waals surface area (Å²) in [6.45, 7) is 7.93. The van der Waals surface area contributed by atoms with Crippen LogP contribution in [0.4, 0.5) is 5.69 Å². The fourth-order valence-corrected chi connectivity index (χ4v) is 1.85. The number of benzene rings is 1. The third kappa shape index (κ3) is 6.78. The van der Waals surface area contributed by atoms with Crippen LogP contribution < -0.4 is 15.0 Å². The highest BCUT2D eigenvalue weighted by Crippen LogP contribution is 2.17. The summed E-state index contributed by atoms with van der Waals surface area (Å²) >= 11 is 0. The number of rotatable bonds is 10. The number of nitrogens with zero attached hydrogens (tertiary/aromatic N) is 1. The predicted molar refractivity (Wildman–Crippen MR) is 84.8 cm³/mol. The predicted octanol–water partition coefficient (Wildman–Crippen LogP) is 2.54. The maximum Gasteiger partial charge on any atom is 0.119 e. The van der Waals surface area contributed by atoms with Crippen LogP contribution in [0.5, 0.6) is 5.75 Å². The molecule has 0 bridgehead atoms. The molecule has 0 atom stereocenters. The van der Waals surface area contributed by atoms with E-state index in [1.807, 2.05) is 12.1 Å². The molecule has 0 spiro atoms. The highest BCUT2D eigenvalue weighted by atomic mass is 16.5.